The maximum atomic E-state index is 5.94. The van der Waals surface area contributed by atoms with Gasteiger partial charge in [0.05, 0.1) is 11.9 Å². The van der Waals surface area contributed by atoms with Crippen LogP contribution < -0.4 is 10.1 Å². The molecule has 4 rings (SSSR count). The lowest BCUT2D eigenvalue weighted by Crippen LogP contribution is -2.24. The molecule has 0 unspecified atom stereocenters. The Morgan fingerprint density at radius 3 is 2.88 bits per heavy atom. The highest BCUT2D eigenvalue weighted by Gasteiger charge is 2.29. The number of aromatic nitrogens is 4. The van der Waals surface area contributed by atoms with E-state index in [-0.39, 0.29) is 5.60 Å². The molecule has 2 aromatic heterocycles. The fraction of sp³-hybridized carbons (Fsp3) is 0.350. The summed E-state index contributed by atoms with van der Waals surface area (Å²) in [6.07, 6.45) is 6.56. The first kappa shape index (κ1) is 16.6. The van der Waals surface area contributed by atoms with Gasteiger partial charge in [-0.3, -0.25) is 4.68 Å². The molecule has 0 bridgehead atoms. The number of aryl methyl sites for hydroxylation is 2. The molecule has 26 heavy (non-hydrogen) atoms. The van der Waals surface area contributed by atoms with Crippen molar-refractivity contribution >= 4 is 5.95 Å². The second-order valence-electron chi connectivity index (χ2n) is 7.46. The highest BCUT2D eigenvalue weighted by Crippen LogP contribution is 2.35. The Balaban J connectivity index is 1.51. The molecule has 0 spiro atoms. The maximum absolute atomic E-state index is 5.94. The molecule has 1 aliphatic heterocycles. The SMILES string of the molecule is Cc1cnc(NCc2ccc3c(c2)CC(C)(C)O3)nc1-c1cnn(C)c1. The molecule has 0 saturated carbocycles. The molecule has 6 heteroatoms. The van der Waals surface area contributed by atoms with Crippen LogP contribution in [0.5, 0.6) is 5.75 Å². The lowest BCUT2D eigenvalue weighted by atomic mass is 10.0. The summed E-state index contributed by atoms with van der Waals surface area (Å²) in [4.78, 5) is 9.07. The molecule has 0 atom stereocenters. The number of fused-ring (bicyclic) bond motifs is 1. The molecule has 0 radical (unpaired) electrons. The van der Waals surface area contributed by atoms with E-state index in [1.807, 2.05) is 32.6 Å². The van der Waals surface area contributed by atoms with E-state index in [4.69, 9.17) is 4.74 Å². The Morgan fingerprint density at radius 2 is 2.12 bits per heavy atom. The molecular formula is C20H23N5O. The molecule has 0 fully saturated rings. The van der Waals surface area contributed by atoms with Crippen molar-refractivity contribution in [3.05, 3.63) is 53.5 Å². The van der Waals surface area contributed by atoms with Crippen LogP contribution in [-0.2, 0) is 20.0 Å². The number of rotatable bonds is 4. The molecule has 0 aliphatic carbocycles. The third-order valence-corrected chi connectivity index (χ3v) is 4.53. The van der Waals surface area contributed by atoms with Crippen molar-refractivity contribution in [3.63, 3.8) is 0 Å². The van der Waals surface area contributed by atoms with Crippen LogP contribution in [0.4, 0.5) is 5.95 Å². The van der Waals surface area contributed by atoms with Crippen LogP contribution in [0.15, 0.2) is 36.8 Å². The number of nitrogens with zero attached hydrogens (tertiary/aromatic N) is 4. The summed E-state index contributed by atoms with van der Waals surface area (Å²) in [5, 5.41) is 7.55. The zero-order valence-electron chi connectivity index (χ0n) is 15.6. The monoisotopic (exact) mass is 349 g/mol. The first-order valence-corrected chi connectivity index (χ1v) is 8.77. The summed E-state index contributed by atoms with van der Waals surface area (Å²) in [6.45, 7) is 6.91. The summed E-state index contributed by atoms with van der Waals surface area (Å²) in [5.41, 5.74) is 5.26. The van der Waals surface area contributed by atoms with Crippen LogP contribution in [0, 0.1) is 6.92 Å². The Kier molecular flexibility index (Phi) is 3.90. The number of benzene rings is 1. The minimum Gasteiger partial charge on any atom is -0.487 e. The molecule has 3 heterocycles. The van der Waals surface area contributed by atoms with Crippen molar-refractivity contribution in [2.45, 2.75) is 39.3 Å². The summed E-state index contributed by atoms with van der Waals surface area (Å²) >= 11 is 0. The predicted octanol–water partition coefficient (Wildman–Crippen LogP) is 3.51. The van der Waals surface area contributed by atoms with Crippen molar-refractivity contribution in [1.29, 1.82) is 0 Å². The van der Waals surface area contributed by atoms with Crippen LogP contribution in [0.3, 0.4) is 0 Å². The first-order chi connectivity index (χ1) is 12.4. The van der Waals surface area contributed by atoms with E-state index in [1.54, 1.807) is 4.68 Å². The molecule has 1 N–H and O–H groups in total. The average Bonchev–Trinajstić information content (AvgIpc) is 3.14. The van der Waals surface area contributed by atoms with Crippen molar-refractivity contribution in [3.8, 4) is 17.0 Å². The van der Waals surface area contributed by atoms with Crippen molar-refractivity contribution in [2.24, 2.45) is 7.05 Å². The van der Waals surface area contributed by atoms with Gasteiger partial charge in [0.25, 0.3) is 0 Å². The third-order valence-electron chi connectivity index (χ3n) is 4.53. The van der Waals surface area contributed by atoms with Gasteiger partial charge in [-0.2, -0.15) is 5.10 Å². The largest absolute Gasteiger partial charge is 0.487 e. The van der Waals surface area contributed by atoms with Gasteiger partial charge >= 0.3 is 0 Å². The lowest BCUT2D eigenvalue weighted by Gasteiger charge is -2.16. The number of ether oxygens (including phenoxy) is 1. The van der Waals surface area contributed by atoms with Gasteiger partial charge in [-0.05, 0) is 43.5 Å². The normalized spacial score (nSPS) is 14.8. The van der Waals surface area contributed by atoms with Gasteiger partial charge in [0.1, 0.15) is 11.4 Å². The standard InChI is InChI=1S/C20H23N5O/c1-13-9-21-19(24-18(13)16-11-23-25(4)12-16)22-10-14-5-6-17-15(7-14)8-20(2,3)26-17/h5-7,9,11-12H,8,10H2,1-4H3,(H,21,22,24). The van der Waals surface area contributed by atoms with Crippen molar-refractivity contribution in [2.75, 3.05) is 5.32 Å². The first-order valence-electron chi connectivity index (χ1n) is 8.77. The zero-order chi connectivity index (χ0) is 18.3. The smallest absolute Gasteiger partial charge is 0.223 e. The second-order valence-corrected chi connectivity index (χ2v) is 7.46. The highest BCUT2D eigenvalue weighted by molar-refractivity contribution is 5.62. The van der Waals surface area contributed by atoms with Gasteiger partial charge in [0, 0.05) is 38.0 Å². The molecule has 0 amide bonds. The summed E-state index contributed by atoms with van der Waals surface area (Å²) in [7, 11) is 1.90. The van der Waals surface area contributed by atoms with Crippen LogP contribution >= 0.6 is 0 Å². The van der Waals surface area contributed by atoms with Gasteiger partial charge in [-0.25, -0.2) is 9.97 Å². The molecule has 3 aromatic rings. The van der Waals surface area contributed by atoms with E-state index >= 15 is 0 Å². The summed E-state index contributed by atoms with van der Waals surface area (Å²) in [6, 6.07) is 6.34. The second kappa shape index (κ2) is 6.12. The van der Waals surface area contributed by atoms with E-state index < -0.39 is 0 Å². The van der Waals surface area contributed by atoms with Crippen LogP contribution in [0.25, 0.3) is 11.3 Å². The highest BCUT2D eigenvalue weighted by atomic mass is 16.5. The molecule has 134 valence electrons. The molecule has 1 aliphatic rings. The van der Waals surface area contributed by atoms with Gasteiger partial charge in [0.2, 0.25) is 5.95 Å². The lowest BCUT2D eigenvalue weighted by molar-refractivity contribution is 0.138. The molecular weight excluding hydrogens is 326 g/mol. The van der Waals surface area contributed by atoms with Gasteiger partial charge in [0.15, 0.2) is 0 Å². The van der Waals surface area contributed by atoms with Gasteiger partial charge < -0.3 is 10.1 Å². The van der Waals surface area contributed by atoms with Crippen LogP contribution in [0.1, 0.15) is 30.5 Å². The minimum atomic E-state index is -0.118. The molecule has 6 nitrogen and oxygen atoms in total. The number of hydrogen-bond acceptors (Lipinski definition) is 5. The van der Waals surface area contributed by atoms with E-state index in [0.717, 1.165) is 29.0 Å². The summed E-state index contributed by atoms with van der Waals surface area (Å²) in [5.74, 6) is 1.61. The van der Waals surface area contributed by atoms with Crippen LogP contribution in [0.2, 0.25) is 0 Å². The van der Waals surface area contributed by atoms with E-state index in [0.29, 0.717) is 12.5 Å². The quantitative estimate of drug-likeness (QED) is 0.781. The number of nitrogens with one attached hydrogen (secondary N) is 1. The van der Waals surface area contributed by atoms with E-state index in [1.165, 1.54) is 11.1 Å². The minimum absolute atomic E-state index is 0.118. The van der Waals surface area contributed by atoms with Crippen molar-refractivity contribution < 1.29 is 4.74 Å². The number of hydrogen-bond donors (Lipinski definition) is 1. The van der Waals surface area contributed by atoms with Gasteiger partial charge in [-0.15, -0.1) is 0 Å². The topological polar surface area (TPSA) is 64.9 Å². The fourth-order valence-corrected chi connectivity index (χ4v) is 3.32. The van der Waals surface area contributed by atoms with E-state index in [2.05, 4.69) is 52.4 Å². The zero-order valence-corrected chi connectivity index (χ0v) is 15.6. The fourth-order valence-electron chi connectivity index (χ4n) is 3.32. The number of anilines is 1. The van der Waals surface area contributed by atoms with Crippen LogP contribution in [-0.4, -0.2) is 25.3 Å². The predicted molar refractivity (Wildman–Crippen MR) is 101 cm³/mol. The van der Waals surface area contributed by atoms with Crippen molar-refractivity contribution in [1.82, 2.24) is 19.7 Å². The Labute approximate surface area is 153 Å². The Bertz CT molecular complexity index is 961. The Morgan fingerprint density at radius 1 is 1.27 bits per heavy atom. The average molecular weight is 349 g/mol. The van der Waals surface area contributed by atoms with E-state index in [9.17, 15) is 0 Å². The third kappa shape index (κ3) is 3.27. The Hall–Kier alpha value is -2.89. The molecule has 1 aromatic carbocycles. The van der Waals surface area contributed by atoms with Gasteiger partial charge in [-0.1, -0.05) is 12.1 Å². The maximum Gasteiger partial charge on any atom is 0.223 e. The summed E-state index contributed by atoms with van der Waals surface area (Å²) < 4.78 is 7.71. The molecule has 0 saturated heterocycles.